The maximum atomic E-state index is 6.19. The second-order valence-electron chi connectivity index (χ2n) is 9.16. The summed E-state index contributed by atoms with van der Waals surface area (Å²) in [7, 11) is 0. The summed E-state index contributed by atoms with van der Waals surface area (Å²) >= 11 is 0. The average Bonchev–Trinajstić information content (AvgIpc) is 3.46. The van der Waals surface area contributed by atoms with Crippen molar-refractivity contribution in [3.05, 3.63) is 83.9 Å². The van der Waals surface area contributed by atoms with Crippen molar-refractivity contribution in [3.8, 4) is 17.1 Å². The molecule has 0 aliphatic carbocycles. The van der Waals surface area contributed by atoms with Gasteiger partial charge in [0, 0.05) is 31.2 Å². The Kier molecular flexibility index (Phi) is 5.71. The van der Waals surface area contributed by atoms with Crippen LogP contribution in [0.2, 0.25) is 0 Å². The van der Waals surface area contributed by atoms with E-state index < -0.39 is 0 Å². The van der Waals surface area contributed by atoms with Gasteiger partial charge in [0.15, 0.2) is 0 Å². The Bertz CT molecular complexity index is 1590. The molecule has 5 heteroatoms. The first-order valence-corrected chi connectivity index (χ1v) is 11.5. The predicted octanol–water partition coefficient (Wildman–Crippen LogP) is 8.23. The number of nitrogens with zero attached hydrogens (tertiary/aromatic N) is 2. The number of hydrogen-bond acceptors (Lipinski definition) is 3. The smallest absolute Gasteiger partial charge is 0.302 e. The van der Waals surface area contributed by atoms with E-state index in [-0.39, 0.29) is 20.1 Å². The third-order valence-corrected chi connectivity index (χ3v) is 6.35. The molecule has 0 saturated heterocycles. The Morgan fingerprint density at radius 1 is 0.824 bits per heavy atom. The molecule has 3 aromatic heterocycles. The van der Waals surface area contributed by atoms with Crippen LogP contribution in [0.5, 0.6) is 0 Å². The number of imidazole rings is 1. The molecule has 0 unspecified atom stereocenters. The largest absolute Gasteiger partial charge is 0.425 e. The summed E-state index contributed by atoms with van der Waals surface area (Å²) in [5.74, 6) is 2.02. The predicted molar refractivity (Wildman–Crippen MR) is 133 cm³/mol. The Morgan fingerprint density at radius 2 is 1.53 bits per heavy atom. The van der Waals surface area contributed by atoms with Crippen LogP contribution in [-0.4, -0.2) is 9.55 Å². The summed E-state index contributed by atoms with van der Waals surface area (Å²) in [6.07, 6.45) is 0. The molecule has 4 nitrogen and oxygen atoms in total. The quantitative estimate of drug-likeness (QED) is 0.186. The van der Waals surface area contributed by atoms with Gasteiger partial charge in [-0.3, -0.25) is 0 Å². The van der Waals surface area contributed by atoms with E-state index >= 15 is 0 Å². The fourth-order valence-electron chi connectivity index (χ4n) is 4.80. The van der Waals surface area contributed by atoms with Gasteiger partial charge in [-0.25, -0.2) is 4.98 Å². The summed E-state index contributed by atoms with van der Waals surface area (Å²) in [5, 5.41) is 1.99. The Balaban J connectivity index is 0.00000241. The summed E-state index contributed by atoms with van der Waals surface area (Å²) in [6, 6.07) is 26.0. The third kappa shape index (κ3) is 3.34. The van der Waals surface area contributed by atoms with Crippen molar-refractivity contribution in [2.24, 2.45) is 0 Å². The first-order chi connectivity index (χ1) is 16.0. The summed E-state index contributed by atoms with van der Waals surface area (Å²) < 4.78 is 14.5. The number of benzene rings is 3. The Hall–Kier alpha value is -3.14. The monoisotopic (exact) mass is 626 g/mol. The van der Waals surface area contributed by atoms with Gasteiger partial charge in [-0.05, 0) is 29.0 Å². The normalized spacial score (nSPS) is 11.8. The van der Waals surface area contributed by atoms with E-state index in [4.69, 9.17) is 13.8 Å². The molecule has 6 rings (SSSR count). The molecule has 0 aliphatic rings. The van der Waals surface area contributed by atoms with Gasteiger partial charge < -0.3 is 13.4 Å². The van der Waals surface area contributed by atoms with Crippen LogP contribution in [0.3, 0.4) is 0 Å². The Labute approximate surface area is 211 Å². The number of fused-ring (bicyclic) bond motifs is 5. The molecule has 0 bridgehead atoms. The minimum absolute atomic E-state index is 0. The fourth-order valence-corrected chi connectivity index (χ4v) is 4.80. The minimum Gasteiger partial charge on any atom is -0.425 e. The van der Waals surface area contributed by atoms with Crippen molar-refractivity contribution < 1.29 is 28.9 Å². The number of hydrogen-bond donors (Lipinski definition) is 0. The first-order valence-electron chi connectivity index (χ1n) is 11.5. The van der Waals surface area contributed by atoms with Crippen molar-refractivity contribution in [2.45, 2.75) is 39.5 Å². The Morgan fingerprint density at radius 3 is 2.21 bits per heavy atom. The number of furan rings is 2. The number of rotatable bonds is 4. The summed E-state index contributed by atoms with van der Waals surface area (Å²) in [6.45, 7) is 8.96. The van der Waals surface area contributed by atoms with Crippen LogP contribution in [-0.2, 0) is 20.1 Å². The second kappa shape index (κ2) is 8.57. The van der Waals surface area contributed by atoms with Crippen LogP contribution in [0.1, 0.15) is 50.7 Å². The van der Waals surface area contributed by atoms with Crippen LogP contribution in [0.25, 0.3) is 50.4 Å². The third-order valence-electron chi connectivity index (χ3n) is 6.35. The molecule has 0 N–H and O–H groups in total. The van der Waals surface area contributed by atoms with E-state index in [1.165, 1.54) is 16.8 Å². The molecule has 3 aromatic carbocycles. The molecule has 0 saturated carbocycles. The molecule has 3 heterocycles. The summed E-state index contributed by atoms with van der Waals surface area (Å²) in [5.41, 5.74) is 6.99. The van der Waals surface area contributed by atoms with Gasteiger partial charge in [-0.1, -0.05) is 64.1 Å². The van der Waals surface area contributed by atoms with Crippen LogP contribution in [0, 0.1) is 6.07 Å². The van der Waals surface area contributed by atoms with Gasteiger partial charge in [0.05, 0.1) is 11.2 Å². The maximum absolute atomic E-state index is 6.19. The van der Waals surface area contributed by atoms with E-state index in [1.807, 2.05) is 36.4 Å². The van der Waals surface area contributed by atoms with Crippen molar-refractivity contribution in [3.63, 3.8) is 0 Å². The number of para-hydroxylation sites is 2. The van der Waals surface area contributed by atoms with E-state index in [0.29, 0.717) is 23.3 Å². The SMILES string of the molecule is CC(C)c1cccc(C(C)C)c1-n1c(-c2[c-]cccc2)nc2oc3oc4ccccc4c3c21.[Ir]. The van der Waals surface area contributed by atoms with Gasteiger partial charge >= 0.3 is 5.78 Å². The van der Waals surface area contributed by atoms with Gasteiger partial charge in [0.1, 0.15) is 11.1 Å². The molecular formula is C29H25IrN2O2-. The molecule has 6 aromatic rings. The van der Waals surface area contributed by atoms with E-state index in [9.17, 15) is 0 Å². The van der Waals surface area contributed by atoms with Crippen molar-refractivity contribution in [1.29, 1.82) is 0 Å². The molecule has 0 spiro atoms. The van der Waals surface area contributed by atoms with Gasteiger partial charge in [0.25, 0.3) is 0 Å². The van der Waals surface area contributed by atoms with Gasteiger partial charge in [-0.15, -0.1) is 35.9 Å². The summed E-state index contributed by atoms with van der Waals surface area (Å²) in [4.78, 5) is 4.98. The van der Waals surface area contributed by atoms with E-state index in [1.54, 1.807) is 0 Å². The van der Waals surface area contributed by atoms with Crippen molar-refractivity contribution in [2.75, 3.05) is 0 Å². The second-order valence-corrected chi connectivity index (χ2v) is 9.16. The topological polar surface area (TPSA) is 44.1 Å². The molecule has 1 radical (unpaired) electrons. The van der Waals surface area contributed by atoms with E-state index in [2.05, 4.69) is 68.7 Å². The molecule has 0 atom stereocenters. The molecule has 0 aliphatic heterocycles. The zero-order valence-corrected chi connectivity index (χ0v) is 21.9. The first kappa shape index (κ1) is 22.6. The fraction of sp³-hybridized carbons (Fsp3) is 0.207. The van der Waals surface area contributed by atoms with Crippen LogP contribution in [0.4, 0.5) is 0 Å². The molecule has 0 fully saturated rings. The van der Waals surface area contributed by atoms with Crippen LogP contribution < -0.4 is 0 Å². The standard InChI is InChI=1S/C29H25N2O2.Ir/c1-17(2)20-14-10-15-21(18(3)4)25(20)31-26-24-22-13-8-9-16-23(22)32-29(24)33-28(26)30-27(31)19-11-6-5-7-12-19;/h5-11,13-18H,1-4H3;/q-1;. The number of aromatic nitrogens is 2. The molecular weight excluding hydrogens is 601 g/mol. The van der Waals surface area contributed by atoms with Crippen molar-refractivity contribution in [1.82, 2.24) is 9.55 Å². The van der Waals surface area contributed by atoms with Crippen LogP contribution in [0.15, 0.2) is 75.6 Å². The zero-order chi connectivity index (χ0) is 22.7. The van der Waals surface area contributed by atoms with Crippen LogP contribution >= 0.6 is 0 Å². The maximum Gasteiger partial charge on any atom is 0.302 e. The zero-order valence-electron chi connectivity index (χ0n) is 19.5. The molecule has 173 valence electrons. The van der Waals surface area contributed by atoms with E-state index in [0.717, 1.165) is 33.3 Å². The van der Waals surface area contributed by atoms with Gasteiger partial charge in [-0.2, -0.15) is 0 Å². The average molecular weight is 626 g/mol. The molecule has 34 heavy (non-hydrogen) atoms. The van der Waals surface area contributed by atoms with Crippen molar-refractivity contribution >= 4 is 33.4 Å². The minimum atomic E-state index is 0. The van der Waals surface area contributed by atoms with Gasteiger partial charge in [0.2, 0.25) is 5.71 Å². The molecule has 0 amide bonds.